The van der Waals surface area contributed by atoms with Gasteiger partial charge in [-0.3, -0.25) is 0 Å². The minimum absolute atomic E-state index is 0.235. The number of hydrogen-bond acceptors (Lipinski definition) is 3. The molecule has 0 radical (unpaired) electrons. The second kappa shape index (κ2) is 8.73. The van der Waals surface area contributed by atoms with Crippen LogP contribution >= 0.6 is 35.0 Å². The van der Waals surface area contributed by atoms with Gasteiger partial charge in [0, 0.05) is 36.4 Å². The Morgan fingerprint density at radius 3 is 2.76 bits per heavy atom. The van der Waals surface area contributed by atoms with Crippen LogP contribution in [0.4, 0.5) is 10.5 Å². The van der Waals surface area contributed by atoms with Crippen LogP contribution < -0.4 is 10.6 Å². The molecule has 2 rings (SSSR count). The Bertz CT molecular complexity index is 482. The summed E-state index contributed by atoms with van der Waals surface area (Å²) < 4.78 is 5.32. The molecule has 1 saturated heterocycles. The number of carbonyl (C=O) groups excluding carboxylic acids is 1. The van der Waals surface area contributed by atoms with Crippen molar-refractivity contribution in [3.8, 4) is 0 Å². The number of benzene rings is 1. The molecule has 1 aliphatic heterocycles. The Hall–Kier alpha value is -0.620. The molecule has 4 nitrogen and oxygen atoms in total. The normalized spacial score (nSPS) is 15.7. The van der Waals surface area contributed by atoms with Gasteiger partial charge in [0.2, 0.25) is 0 Å². The van der Waals surface area contributed by atoms with Crippen LogP contribution in [-0.4, -0.2) is 36.8 Å². The van der Waals surface area contributed by atoms with Gasteiger partial charge in [-0.2, -0.15) is 11.8 Å². The number of urea groups is 1. The first-order valence-electron chi connectivity index (χ1n) is 6.84. The lowest BCUT2D eigenvalue weighted by Crippen LogP contribution is -2.31. The van der Waals surface area contributed by atoms with Crippen LogP contribution in [0.3, 0.4) is 0 Å². The van der Waals surface area contributed by atoms with Crippen LogP contribution in [0.25, 0.3) is 0 Å². The monoisotopic (exact) mass is 348 g/mol. The van der Waals surface area contributed by atoms with Crippen LogP contribution in [-0.2, 0) is 4.74 Å². The zero-order chi connectivity index (χ0) is 15.1. The Labute approximate surface area is 138 Å². The number of hydrogen-bond donors (Lipinski definition) is 2. The highest BCUT2D eigenvalue weighted by Crippen LogP contribution is 2.25. The van der Waals surface area contributed by atoms with Gasteiger partial charge in [0.1, 0.15) is 0 Å². The number of anilines is 1. The standard InChI is InChI=1S/C14H18Cl2N2O2S/c15-12-2-1-10(9-13(12)16)18-14(19)17-5-8-21-11-3-6-20-7-4-11/h1-2,9,11H,3-8H2,(H2,17,18,19). The highest BCUT2D eigenvalue weighted by molar-refractivity contribution is 7.99. The van der Waals surface area contributed by atoms with E-state index >= 15 is 0 Å². The second-order valence-electron chi connectivity index (χ2n) is 4.69. The van der Waals surface area contributed by atoms with Crippen LogP contribution in [0.5, 0.6) is 0 Å². The molecule has 0 spiro atoms. The number of carbonyl (C=O) groups is 1. The molecular weight excluding hydrogens is 331 g/mol. The molecule has 0 saturated carbocycles. The summed E-state index contributed by atoms with van der Waals surface area (Å²) >= 11 is 13.6. The first-order valence-corrected chi connectivity index (χ1v) is 8.65. The zero-order valence-corrected chi connectivity index (χ0v) is 13.9. The Kier molecular flexibility index (Phi) is 6.96. The Morgan fingerprint density at radius 1 is 1.29 bits per heavy atom. The topological polar surface area (TPSA) is 50.4 Å². The van der Waals surface area contributed by atoms with Crippen LogP contribution in [0.1, 0.15) is 12.8 Å². The number of nitrogens with one attached hydrogen (secondary N) is 2. The molecule has 2 N–H and O–H groups in total. The van der Waals surface area contributed by atoms with Crippen molar-refractivity contribution in [3.05, 3.63) is 28.2 Å². The molecule has 116 valence electrons. The molecule has 0 aromatic heterocycles. The molecular formula is C14H18Cl2N2O2S. The molecule has 21 heavy (non-hydrogen) atoms. The summed E-state index contributed by atoms with van der Waals surface area (Å²) in [6, 6.07) is 4.76. The maximum atomic E-state index is 11.7. The largest absolute Gasteiger partial charge is 0.381 e. The number of halogens is 2. The van der Waals surface area contributed by atoms with Gasteiger partial charge >= 0.3 is 6.03 Å². The maximum Gasteiger partial charge on any atom is 0.319 e. The van der Waals surface area contributed by atoms with Gasteiger partial charge in [0.25, 0.3) is 0 Å². The van der Waals surface area contributed by atoms with Crippen LogP contribution in [0, 0.1) is 0 Å². The minimum atomic E-state index is -0.235. The third-order valence-electron chi connectivity index (χ3n) is 3.09. The lowest BCUT2D eigenvalue weighted by Gasteiger charge is -2.21. The first-order chi connectivity index (χ1) is 10.1. The van der Waals surface area contributed by atoms with Crippen molar-refractivity contribution >= 4 is 46.7 Å². The molecule has 1 aromatic rings. The number of amides is 2. The number of ether oxygens (including phenoxy) is 1. The second-order valence-corrected chi connectivity index (χ2v) is 6.91. The first kappa shape index (κ1) is 16.7. The maximum absolute atomic E-state index is 11.7. The lowest BCUT2D eigenvalue weighted by molar-refractivity contribution is 0.100. The van der Waals surface area contributed by atoms with Gasteiger partial charge < -0.3 is 15.4 Å². The van der Waals surface area contributed by atoms with E-state index in [1.165, 1.54) is 0 Å². The van der Waals surface area contributed by atoms with E-state index in [2.05, 4.69) is 10.6 Å². The van der Waals surface area contributed by atoms with E-state index in [4.69, 9.17) is 27.9 Å². The molecule has 1 heterocycles. The lowest BCUT2D eigenvalue weighted by atomic mass is 10.2. The van der Waals surface area contributed by atoms with Crippen molar-refractivity contribution in [2.45, 2.75) is 18.1 Å². The van der Waals surface area contributed by atoms with E-state index in [0.717, 1.165) is 31.8 Å². The van der Waals surface area contributed by atoms with Crippen LogP contribution in [0.2, 0.25) is 10.0 Å². The van der Waals surface area contributed by atoms with E-state index in [1.54, 1.807) is 18.2 Å². The SMILES string of the molecule is O=C(NCCSC1CCOCC1)Nc1ccc(Cl)c(Cl)c1. The van der Waals surface area contributed by atoms with Crippen molar-refractivity contribution < 1.29 is 9.53 Å². The van der Waals surface area contributed by atoms with Gasteiger partial charge in [-0.25, -0.2) is 4.79 Å². The molecule has 0 unspecified atom stereocenters. The van der Waals surface area contributed by atoms with Crippen molar-refractivity contribution in [2.75, 3.05) is 30.8 Å². The van der Waals surface area contributed by atoms with Crippen molar-refractivity contribution in [1.29, 1.82) is 0 Å². The molecule has 1 fully saturated rings. The van der Waals surface area contributed by atoms with Crippen LogP contribution in [0.15, 0.2) is 18.2 Å². The predicted molar refractivity (Wildman–Crippen MR) is 89.8 cm³/mol. The molecule has 2 amide bonds. The summed E-state index contributed by atoms with van der Waals surface area (Å²) in [5.74, 6) is 0.902. The highest BCUT2D eigenvalue weighted by atomic mass is 35.5. The summed E-state index contributed by atoms with van der Waals surface area (Å²) in [6.45, 7) is 2.33. The van der Waals surface area contributed by atoms with E-state index in [-0.39, 0.29) is 6.03 Å². The fraction of sp³-hybridized carbons (Fsp3) is 0.500. The molecule has 1 aromatic carbocycles. The van der Waals surface area contributed by atoms with E-state index in [0.29, 0.717) is 27.5 Å². The number of rotatable bonds is 5. The van der Waals surface area contributed by atoms with Gasteiger partial charge in [0.15, 0.2) is 0 Å². The molecule has 0 aliphatic carbocycles. The Balaban J connectivity index is 1.63. The number of thioether (sulfide) groups is 1. The van der Waals surface area contributed by atoms with Crippen molar-refractivity contribution in [1.82, 2.24) is 5.32 Å². The Morgan fingerprint density at radius 2 is 2.05 bits per heavy atom. The zero-order valence-electron chi connectivity index (χ0n) is 11.5. The fourth-order valence-corrected chi connectivity index (χ4v) is 3.36. The average Bonchev–Trinajstić information content (AvgIpc) is 2.49. The molecule has 0 atom stereocenters. The molecule has 7 heteroatoms. The van der Waals surface area contributed by atoms with E-state index in [1.807, 2.05) is 11.8 Å². The molecule has 1 aliphatic rings. The smallest absolute Gasteiger partial charge is 0.319 e. The van der Waals surface area contributed by atoms with Gasteiger partial charge in [0.05, 0.1) is 10.0 Å². The third-order valence-corrected chi connectivity index (χ3v) is 5.21. The van der Waals surface area contributed by atoms with Gasteiger partial charge in [-0.05, 0) is 31.0 Å². The van der Waals surface area contributed by atoms with Crippen molar-refractivity contribution in [2.24, 2.45) is 0 Å². The third kappa shape index (κ3) is 5.94. The summed E-state index contributed by atoms with van der Waals surface area (Å²) in [4.78, 5) is 11.7. The van der Waals surface area contributed by atoms with Gasteiger partial charge in [-0.15, -0.1) is 0 Å². The quantitative estimate of drug-likeness (QED) is 0.789. The summed E-state index contributed by atoms with van der Waals surface area (Å²) in [5.41, 5.74) is 0.624. The van der Waals surface area contributed by atoms with Crippen molar-refractivity contribution in [3.63, 3.8) is 0 Å². The predicted octanol–water partition coefficient (Wildman–Crippen LogP) is 4.03. The van der Waals surface area contributed by atoms with E-state index < -0.39 is 0 Å². The van der Waals surface area contributed by atoms with Gasteiger partial charge in [-0.1, -0.05) is 23.2 Å². The fourth-order valence-electron chi connectivity index (χ4n) is 1.98. The minimum Gasteiger partial charge on any atom is -0.381 e. The average molecular weight is 349 g/mol. The highest BCUT2D eigenvalue weighted by Gasteiger charge is 2.13. The molecule has 0 bridgehead atoms. The van der Waals surface area contributed by atoms with E-state index in [9.17, 15) is 4.79 Å². The summed E-state index contributed by atoms with van der Waals surface area (Å²) in [5, 5.41) is 7.09. The summed E-state index contributed by atoms with van der Waals surface area (Å²) in [6.07, 6.45) is 2.19. The summed E-state index contributed by atoms with van der Waals surface area (Å²) in [7, 11) is 0.